The van der Waals surface area contributed by atoms with E-state index in [-0.39, 0.29) is 31.4 Å². The number of methoxy groups -OCH3 is 1. The zero-order valence-corrected chi connectivity index (χ0v) is 22.7. The van der Waals surface area contributed by atoms with Gasteiger partial charge in [-0.15, -0.1) is 0 Å². The number of hydrogen-bond acceptors (Lipinski definition) is 8. The average Bonchev–Trinajstić information content (AvgIpc) is 3.29. The number of primary amides is 1. The first kappa shape index (κ1) is 29.6. The molecule has 3 rings (SSSR count). The van der Waals surface area contributed by atoms with Crippen molar-refractivity contribution < 1.29 is 23.9 Å². The van der Waals surface area contributed by atoms with E-state index >= 15 is 0 Å². The van der Waals surface area contributed by atoms with Crippen LogP contribution in [0, 0.1) is 5.92 Å². The van der Waals surface area contributed by atoms with E-state index in [2.05, 4.69) is 20.2 Å². The molecule has 0 saturated carbocycles. The molecule has 0 saturated heterocycles. The van der Waals surface area contributed by atoms with Crippen molar-refractivity contribution in [2.75, 3.05) is 39.1 Å². The number of aryl methyl sites for hydroxylation is 1. The van der Waals surface area contributed by atoms with Crippen LogP contribution >= 0.6 is 0 Å². The maximum atomic E-state index is 12.0. The van der Waals surface area contributed by atoms with Gasteiger partial charge in [-0.05, 0) is 31.7 Å². The van der Waals surface area contributed by atoms with E-state index < -0.39 is 12.0 Å². The third-order valence-electron chi connectivity index (χ3n) is 6.57. The summed E-state index contributed by atoms with van der Waals surface area (Å²) in [6.45, 7) is 3.78. The number of nitrogens with one attached hydrogen (secondary N) is 2. The monoisotopic (exact) mass is 541 g/mol. The Morgan fingerprint density at radius 1 is 1.08 bits per heavy atom. The lowest BCUT2D eigenvalue weighted by atomic mass is 10.00. The van der Waals surface area contributed by atoms with E-state index in [1.54, 1.807) is 7.11 Å². The predicted octanol–water partition coefficient (Wildman–Crippen LogP) is 2.27. The van der Waals surface area contributed by atoms with Gasteiger partial charge < -0.3 is 36.1 Å². The summed E-state index contributed by atoms with van der Waals surface area (Å²) < 4.78 is 12.6. The number of anilines is 1. The summed E-state index contributed by atoms with van der Waals surface area (Å²) in [4.78, 5) is 44.4. The second kappa shape index (κ2) is 14.9. The van der Waals surface area contributed by atoms with E-state index in [1.165, 1.54) is 0 Å². The van der Waals surface area contributed by atoms with Crippen molar-refractivity contribution in [1.82, 2.24) is 25.2 Å². The van der Waals surface area contributed by atoms with E-state index in [0.717, 1.165) is 35.1 Å². The number of fused-ring (bicyclic) bond motifs is 3. The molecule has 0 fully saturated rings. The third-order valence-corrected chi connectivity index (χ3v) is 6.57. The maximum absolute atomic E-state index is 12.0. The molecular formula is C27H39N7O5. The highest BCUT2D eigenvalue weighted by atomic mass is 16.5. The van der Waals surface area contributed by atoms with Crippen molar-refractivity contribution in [2.24, 2.45) is 11.7 Å². The summed E-state index contributed by atoms with van der Waals surface area (Å²) in [6, 6.07) is 7.86. The van der Waals surface area contributed by atoms with Crippen LogP contribution < -0.4 is 22.1 Å². The Hall–Kier alpha value is -3.93. The molecule has 6 N–H and O–H groups in total. The highest BCUT2D eigenvalue weighted by Gasteiger charge is 2.17. The first-order valence-electron chi connectivity index (χ1n) is 13.3. The SMILES string of the molecule is CC[C@@H](CCC(=O)NCCOC(=O)NCCCCn1c(CCOC)nc2c(N)nc3ccccc3c21)C(N)=O. The number of unbranched alkanes of at least 4 members (excludes halogenated alkanes) is 1. The van der Waals surface area contributed by atoms with Crippen molar-refractivity contribution in [3.05, 3.63) is 30.1 Å². The second-order valence-corrected chi connectivity index (χ2v) is 9.30. The van der Waals surface area contributed by atoms with Gasteiger partial charge in [0, 0.05) is 44.3 Å². The Bertz CT molecular complexity index is 1280. The topological polar surface area (TPSA) is 176 Å². The fraction of sp³-hybridized carbons (Fsp3) is 0.519. The third kappa shape index (κ3) is 8.28. The smallest absolute Gasteiger partial charge is 0.407 e. The molecule has 2 heterocycles. The number of nitrogen functional groups attached to an aromatic ring is 1. The van der Waals surface area contributed by atoms with Gasteiger partial charge in [-0.2, -0.15) is 0 Å². The van der Waals surface area contributed by atoms with Crippen LogP contribution in [0.4, 0.5) is 10.6 Å². The standard InChI is InChI=1S/C27H39N7O5/c1-3-18(26(29)36)10-11-22(35)30-14-17-39-27(37)31-13-6-7-15-34-21(12-16-38-2)33-23-24(34)19-8-4-5-9-20(19)32-25(23)28/h4-5,8-9,18H,3,6-7,10-17H2,1-2H3,(H2,28,32)(H2,29,36)(H,30,35)(H,31,37)/t18-/m0/s1. The van der Waals surface area contributed by atoms with E-state index in [1.807, 2.05) is 31.2 Å². The molecule has 0 radical (unpaired) electrons. The number of rotatable bonds is 16. The number of nitrogens with zero attached hydrogens (tertiary/aromatic N) is 3. The number of alkyl carbamates (subject to hydrolysis) is 1. The average molecular weight is 542 g/mol. The molecule has 12 nitrogen and oxygen atoms in total. The van der Waals surface area contributed by atoms with Gasteiger partial charge in [-0.25, -0.2) is 14.8 Å². The first-order valence-corrected chi connectivity index (χ1v) is 13.3. The molecule has 39 heavy (non-hydrogen) atoms. The van der Waals surface area contributed by atoms with Gasteiger partial charge in [0.2, 0.25) is 11.8 Å². The summed E-state index contributed by atoms with van der Waals surface area (Å²) in [6.07, 6.45) is 2.83. The Labute approximate surface area is 227 Å². The first-order chi connectivity index (χ1) is 18.8. The lowest BCUT2D eigenvalue weighted by molar-refractivity contribution is -0.123. The number of ether oxygens (including phenoxy) is 2. The van der Waals surface area contributed by atoms with Crippen molar-refractivity contribution >= 4 is 45.7 Å². The maximum Gasteiger partial charge on any atom is 0.407 e. The zero-order valence-electron chi connectivity index (χ0n) is 22.7. The molecule has 0 bridgehead atoms. The van der Waals surface area contributed by atoms with Crippen LogP contribution in [-0.2, 0) is 32.0 Å². The van der Waals surface area contributed by atoms with Crippen LogP contribution in [0.15, 0.2) is 24.3 Å². The van der Waals surface area contributed by atoms with Crippen molar-refractivity contribution in [3.8, 4) is 0 Å². The predicted molar refractivity (Wildman–Crippen MR) is 149 cm³/mol. The van der Waals surface area contributed by atoms with Crippen molar-refractivity contribution in [3.63, 3.8) is 0 Å². The van der Waals surface area contributed by atoms with Crippen LogP contribution in [0.1, 0.15) is 44.9 Å². The number of para-hydroxylation sites is 1. The van der Waals surface area contributed by atoms with E-state index in [9.17, 15) is 14.4 Å². The highest BCUT2D eigenvalue weighted by molar-refractivity contribution is 6.06. The molecule has 0 unspecified atom stereocenters. The summed E-state index contributed by atoms with van der Waals surface area (Å²) in [5.41, 5.74) is 14.0. The quantitative estimate of drug-likeness (QED) is 0.200. The largest absolute Gasteiger partial charge is 0.448 e. The minimum atomic E-state index is -0.539. The minimum absolute atomic E-state index is 0.0526. The Kier molecular flexibility index (Phi) is 11.3. The molecule has 0 spiro atoms. The van der Waals surface area contributed by atoms with E-state index in [4.69, 9.17) is 25.9 Å². The normalized spacial score (nSPS) is 11.9. The minimum Gasteiger partial charge on any atom is -0.448 e. The van der Waals surface area contributed by atoms with Crippen LogP contribution in [0.5, 0.6) is 0 Å². The van der Waals surface area contributed by atoms with Gasteiger partial charge in [-0.1, -0.05) is 25.1 Å². The van der Waals surface area contributed by atoms with Crippen LogP contribution in [-0.4, -0.2) is 65.9 Å². The molecule has 0 aliphatic rings. The molecule has 2 aromatic heterocycles. The summed E-state index contributed by atoms with van der Waals surface area (Å²) in [7, 11) is 1.66. The van der Waals surface area contributed by atoms with Gasteiger partial charge in [0.15, 0.2) is 5.82 Å². The molecule has 0 aliphatic heterocycles. The second-order valence-electron chi connectivity index (χ2n) is 9.30. The zero-order chi connectivity index (χ0) is 28.2. The Balaban J connectivity index is 1.43. The van der Waals surface area contributed by atoms with Gasteiger partial charge >= 0.3 is 6.09 Å². The molecule has 3 aromatic rings. The lowest BCUT2D eigenvalue weighted by Gasteiger charge is -2.12. The highest BCUT2D eigenvalue weighted by Crippen LogP contribution is 2.29. The number of benzene rings is 1. The number of nitrogens with two attached hydrogens (primary N) is 2. The van der Waals surface area contributed by atoms with Gasteiger partial charge in [0.25, 0.3) is 0 Å². The van der Waals surface area contributed by atoms with Crippen molar-refractivity contribution in [1.29, 1.82) is 0 Å². The number of hydrogen-bond donors (Lipinski definition) is 4. The molecule has 1 atom stereocenters. The number of amides is 3. The number of carbonyl (C=O) groups is 3. The lowest BCUT2D eigenvalue weighted by Crippen LogP contribution is -2.32. The summed E-state index contributed by atoms with van der Waals surface area (Å²) in [5, 5.41) is 6.40. The van der Waals surface area contributed by atoms with Crippen molar-refractivity contribution in [2.45, 2.75) is 52.0 Å². The van der Waals surface area contributed by atoms with Gasteiger partial charge in [0.1, 0.15) is 17.9 Å². The van der Waals surface area contributed by atoms with Crippen LogP contribution in [0.3, 0.4) is 0 Å². The molecule has 12 heteroatoms. The van der Waals surface area contributed by atoms with E-state index in [0.29, 0.717) is 50.3 Å². The molecule has 3 amide bonds. The summed E-state index contributed by atoms with van der Waals surface area (Å²) >= 11 is 0. The Morgan fingerprint density at radius 2 is 1.87 bits per heavy atom. The van der Waals surface area contributed by atoms with Gasteiger partial charge in [0.05, 0.1) is 24.2 Å². The molecule has 212 valence electrons. The fourth-order valence-electron chi connectivity index (χ4n) is 4.44. The Morgan fingerprint density at radius 3 is 2.62 bits per heavy atom. The number of imidazole rings is 1. The number of carbonyl (C=O) groups excluding carboxylic acids is 3. The van der Waals surface area contributed by atoms with Crippen LogP contribution in [0.2, 0.25) is 0 Å². The fourth-order valence-corrected chi connectivity index (χ4v) is 4.44. The molecule has 0 aliphatic carbocycles. The van der Waals surface area contributed by atoms with Crippen LogP contribution in [0.25, 0.3) is 21.9 Å². The molecule has 1 aromatic carbocycles. The number of aromatic nitrogens is 3. The molecular weight excluding hydrogens is 502 g/mol. The summed E-state index contributed by atoms with van der Waals surface area (Å²) in [5.74, 6) is 0.367. The van der Waals surface area contributed by atoms with Gasteiger partial charge in [-0.3, -0.25) is 9.59 Å². The number of pyridine rings is 1.